The molecular weight excluding hydrogens is 227 g/mol. The minimum absolute atomic E-state index is 0.341. The maximum atomic E-state index is 9.28. The summed E-state index contributed by atoms with van der Waals surface area (Å²) in [7, 11) is 1.28. The number of unbranched alkanes of at least 4 members (excludes halogenated alkanes) is 1. The molecule has 0 radical (unpaired) electrons. The Balaban J connectivity index is 2.28. The normalized spacial score (nSPS) is 29.9. The van der Waals surface area contributed by atoms with E-state index in [0.29, 0.717) is 5.92 Å². The fourth-order valence-electron chi connectivity index (χ4n) is 3.33. The van der Waals surface area contributed by atoms with Crippen LogP contribution in [0.5, 0.6) is 0 Å². The highest BCUT2D eigenvalue weighted by Gasteiger charge is 2.45. The molecule has 1 saturated carbocycles. The van der Waals surface area contributed by atoms with E-state index in [4.69, 9.17) is 4.74 Å². The summed E-state index contributed by atoms with van der Waals surface area (Å²) in [5, 5.41) is 18.6. The molecule has 1 aliphatic carbocycles. The highest BCUT2D eigenvalue weighted by Crippen LogP contribution is 2.45. The number of ether oxygens (including phenoxy) is 1. The second-order valence-corrected chi connectivity index (χ2v) is 6.41. The van der Waals surface area contributed by atoms with Crippen LogP contribution in [0.2, 0.25) is 0 Å². The van der Waals surface area contributed by atoms with Gasteiger partial charge in [0.2, 0.25) is 13.7 Å². The summed E-state index contributed by atoms with van der Waals surface area (Å²) < 4.78 is 5.30. The fraction of sp³-hybridized carbons (Fsp3) is 1.00. The van der Waals surface area contributed by atoms with Crippen molar-refractivity contribution >= 4 is 7.85 Å². The third-order valence-electron chi connectivity index (χ3n) is 4.09. The first-order valence-electron chi connectivity index (χ1n) is 7.43. The molecule has 4 heteroatoms. The molecule has 3 nitrogen and oxygen atoms in total. The van der Waals surface area contributed by atoms with Gasteiger partial charge >= 0.3 is 0 Å². The standard InChI is InChI=1S/C14H29BO3/c1-4-6-7-11(5-2)8-12-9-13(3,10-12)18-14(15,16)17/h11-12,16-17H,4-10,15H2,1-3H3/t11?,12-,13+. The van der Waals surface area contributed by atoms with E-state index >= 15 is 0 Å². The first-order valence-corrected chi connectivity index (χ1v) is 7.43. The quantitative estimate of drug-likeness (QED) is 0.516. The zero-order valence-electron chi connectivity index (χ0n) is 12.4. The summed E-state index contributed by atoms with van der Waals surface area (Å²) in [5.74, 6) is -0.472. The summed E-state index contributed by atoms with van der Waals surface area (Å²) in [6.07, 6.45) is 8.35. The van der Waals surface area contributed by atoms with Gasteiger partial charge in [0.15, 0.2) is 0 Å². The van der Waals surface area contributed by atoms with Crippen LogP contribution in [-0.4, -0.2) is 29.5 Å². The minimum atomic E-state index is -1.99. The van der Waals surface area contributed by atoms with Crippen molar-refractivity contribution in [3.05, 3.63) is 0 Å². The van der Waals surface area contributed by atoms with E-state index in [1.54, 1.807) is 0 Å². The molecule has 2 N–H and O–H groups in total. The molecule has 0 aliphatic heterocycles. The predicted molar refractivity (Wildman–Crippen MR) is 75.8 cm³/mol. The second kappa shape index (κ2) is 6.40. The van der Waals surface area contributed by atoms with Gasteiger partial charge in [0.25, 0.3) is 0 Å². The van der Waals surface area contributed by atoms with Gasteiger partial charge in [-0.3, -0.25) is 0 Å². The third-order valence-corrected chi connectivity index (χ3v) is 4.09. The number of hydrogen-bond donors (Lipinski definition) is 2. The lowest BCUT2D eigenvalue weighted by Crippen LogP contribution is -2.51. The van der Waals surface area contributed by atoms with Crippen LogP contribution in [-0.2, 0) is 4.74 Å². The lowest BCUT2D eigenvalue weighted by molar-refractivity contribution is -0.338. The van der Waals surface area contributed by atoms with Gasteiger partial charge in [0, 0.05) is 0 Å². The van der Waals surface area contributed by atoms with Crippen molar-refractivity contribution < 1.29 is 14.9 Å². The van der Waals surface area contributed by atoms with Gasteiger partial charge in [0.1, 0.15) is 0 Å². The van der Waals surface area contributed by atoms with Crippen molar-refractivity contribution in [2.24, 2.45) is 11.8 Å². The van der Waals surface area contributed by atoms with Crippen molar-refractivity contribution in [3.63, 3.8) is 0 Å². The molecule has 1 aliphatic rings. The van der Waals surface area contributed by atoms with Gasteiger partial charge in [-0.1, -0.05) is 39.5 Å². The predicted octanol–water partition coefficient (Wildman–Crippen LogP) is 2.01. The Labute approximate surface area is 112 Å². The highest BCUT2D eigenvalue weighted by molar-refractivity contribution is 6.11. The molecule has 18 heavy (non-hydrogen) atoms. The van der Waals surface area contributed by atoms with Crippen LogP contribution >= 0.6 is 0 Å². The van der Waals surface area contributed by atoms with Gasteiger partial charge in [-0.15, -0.1) is 0 Å². The van der Waals surface area contributed by atoms with E-state index in [1.165, 1.54) is 40.0 Å². The maximum absolute atomic E-state index is 9.28. The van der Waals surface area contributed by atoms with Crippen LogP contribution in [0.25, 0.3) is 0 Å². The van der Waals surface area contributed by atoms with Gasteiger partial charge in [-0.2, -0.15) is 0 Å². The number of aliphatic hydroxyl groups is 2. The Morgan fingerprint density at radius 3 is 2.44 bits per heavy atom. The smallest absolute Gasteiger partial charge is 0.225 e. The first-order chi connectivity index (χ1) is 8.28. The van der Waals surface area contributed by atoms with Crippen molar-refractivity contribution in [3.8, 4) is 0 Å². The topological polar surface area (TPSA) is 49.7 Å². The molecule has 1 unspecified atom stereocenters. The fourth-order valence-corrected chi connectivity index (χ4v) is 3.33. The minimum Gasteiger partial charge on any atom is -0.352 e. The van der Waals surface area contributed by atoms with Gasteiger partial charge in [-0.25, -0.2) is 0 Å². The van der Waals surface area contributed by atoms with E-state index < -0.39 is 5.87 Å². The van der Waals surface area contributed by atoms with Crippen molar-refractivity contribution in [1.82, 2.24) is 0 Å². The van der Waals surface area contributed by atoms with E-state index in [-0.39, 0.29) is 5.60 Å². The monoisotopic (exact) mass is 256 g/mol. The Kier molecular flexibility index (Phi) is 5.69. The third kappa shape index (κ3) is 5.29. The SMILES string of the molecule is BC(O)(O)O[C@]1(C)C[C@H](CC(CC)CCCC)C1. The Hall–Kier alpha value is -0.0551. The second-order valence-electron chi connectivity index (χ2n) is 6.41. The zero-order valence-corrected chi connectivity index (χ0v) is 12.4. The molecule has 1 atom stereocenters. The molecule has 0 amide bonds. The summed E-state index contributed by atoms with van der Waals surface area (Å²) in [5.41, 5.74) is -0.341. The largest absolute Gasteiger partial charge is 0.352 e. The Morgan fingerprint density at radius 2 is 2.00 bits per heavy atom. The molecule has 0 aromatic rings. The first kappa shape index (κ1) is 16.0. The van der Waals surface area contributed by atoms with E-state index in [9.17, 15) is 10.2 Å². The van der Waals surface area contributed by atoms with E-state index in [0.717, 1.165) is 18.8 Å². The average molecular weight is 256 g/mol. The van der Waals surface area contributed by atoms with Crippen LogP contribution in [0.3, 0.4) is 0 Å². The summed E-state index contributed by atoms with van der Waals surface area (Å²) >= 11 is 0. The van der Waals surface area contributed by atoms with Gasteiger partial charge < -0.3 is 14.9 Å². The summed E-state index contributed by atoms with van der Waals surface area (Å²) in [4.78, 5) is 0. The van der Waals surface area contributed by atoms with Crippen LogP contribution in [0.4, 0.5) is 0 Å². The maximum Gasteiger partial charge on any atom is 0.225 e. The Morgan fingerprint density at radius 1 is 1.39 bits per heavy atom. The zero-order chi connectivity index (χ0) is 13.8. The molecule has 106 valence electrons. The van der Waals surface area contributed by atoms with Crippen LogP contribution in [0.1, 0.15) is 65.7 Å². The molecule has 0 spiro atoms. The van der Waals surface area contributed by atoms with Crippen LogP contribution < -0.4 is 0 Å². The van der Waals surface area contributed by atoms with Gasteiger partial charge in [0.05, 0.1) is 5.60 Å². The van der Waals surface area contributed by atoms with E-state index in [2.05, 4.69) is 13.8 Å². The molecule has 1 rings (SSSR count). The molecule has 0 bridgehead atoms. The van der Waals surface area contributed by atoms with Crippen molar-refractivity contribution in [2.75, 3.05) is 0 Å². The summed E-state index contributed by atoms with van der Waals surface area (Å²) in [6, 6.07) is 0. The highest BCUT2D eigenvalue weighted by atomic mass is 16.8. The molecule has 0 heterocycles. The van der Waals surface area contributed by atoms with E-state index in [1.807, 2.05) is 6.92 Å². The lowest BCUT2D eigenvalue weighted by Gasteiger charge is -2.48. The van der Waals surface area contributed by atoms with Crippen LogP contribution in [0.15, 0.2) is 0 Å². The van der Waals surface area contributed by atoms with Crippen molar-refractivity contribution in [2.45, 2.75) is 77.2 Å². The Bertz CT molecular complexity index is 244. The van der Waals surface area contributed by atoms with Gasteiger partial charge in [-0.05, 0) is 38.0 Å². The number of rotatable bonds is 8. The van der Waals surface area contributed by atoms with Crippen molar-refractivity contribution in [1.29, 1.82) is 0 Å². The molecular formula is C14H29BO3. The van der Waals surface area contributed by atoms with Crippen LogP contribution in [0, 0.1) is 11.8 Å². The molecule has 0 aromatic carbocycles. The average Bonchev–Trinajstić information content (AvgIpc) is 2.18. The molecule has 0 saturated heterocycles. The summed E-state index contributed by atoms with van der Waals surface area (Å²) in [6.45, 7) is 6.48. The number of hydrogen-bond acceptors (Lipinski definition) is 3. The molecule has 1 fully saturated rings. The lowest BCUT2D eigenvalue weighted by atomic mass is 9.67. The molecule has 0 aromatic heterocycles.